The van der Waals surface area contributed by atoms with Crippen molar-refractivity contribution in [3.8, 4) is 0 Å². The lowest BCUT2D eigenvalue weighted by Gasteiger charge is -2.37. The van der Waals surface area contributed by atoms with Gasteiger partial charge in [-0.1, -0.05) is 15.9 Å². The number of nitrogens with zero attached hydrogens (tertiary/aromatic N) is 2. The summed E-state index contributed by atoms with van der Waals surface area (Å²) < 4.78 is 0. The molecule has 4 heteroatoms. The lowest BCUT2D eigenvalue weighted by atomic mass is 9.91. The second-order valence-electron chi connectivity index (χ2n) is 4.81. The lowest BCUT2D eigenvalue weighted by molar-refractivity contribution is 0.0581. The molecule has 1 heterocycles. The minimum Gasteiger partial charge on any atom is -0.336 e. The largest absolute Gasteiger partial charge is 0.336 e. The number of aromatic nitrogens is 1. The molecular weight excluding hydrogens is 292 g/mol. The van der Waals surface area contributed by atoms with Crippen LogP contribution in [0.2, 0.25) is 0 Å². The number of carbonyl (C=O) groups is 1. The Balaban J connectivity index is 2.11. The van der Waals surface area contributed by atoms with E-state index in [9.17, 15) is 4.79 Å². The maximum atomic E-state index is 12.5. The molecule has 1 aromatic heterocycles. The minimum absolute atomic E-state index is 0.158. The smallest absolute Gasteiger partial charge is 0.254 e. The predicted molar refractivity (Wildman–Crippen MR) is 76.1 cm³/mol. The Hall–Kier alpha value is -0.900. The molecule has 0 atom stereocenters. The van der Waals surface area contributed by atoms with Crippen LogP contribution in [-0.4, -0.2) is 33.7 Å². The fraction of sp³-hybridized carbons (Fsp3) is 0.571. The van der Waals surface area contributed by atoms with Crippen molar-refractivity contribution >= 4 is 21.8 Å². The molecule has 1 aliphatic rings. The van der Waals surface area contributed by atoms with Gasteiger partial charge in [-0.05, 0) is 44.7 Å². The number of amides is 1. The highest BCUT2D eigenvalue weighted by molar-refractivity contribution is 9.09. The van der Waals surface area contributed by atoms with Crippen LogP contribution in [0.25, 0.3) is 0 Å². The van der Waals surface area contributed by atoms with E-state index in [1.54, 1.807) is 6.20 Å². The van der Waals surface area contributed by atoms with Gasteiger partial charge in [0.15, 0.2) is 0 Å². The van der Waals surface area contributed by atoms with Crippen molar-refractivity contribution in [1.29, 1.82) is 0 Å². The standard InChI is InChI=1S/C14H19BrN2O/c1-11-10-12(6-8-16-11)14(18)17(9-3-7-15)13-4-2-5-13/h6,8,10,13H,2-5,7,9H2,1H3. The van der Waals surface area contributed by atoms with Crippen molar-refractivity contribution in [1.82, 2.24) is 9.88 Å². The maximum Gasteiger partial charge on any atom is 0.254 e. The first-order valence-electron chi connectivity index (χ1n) is 6.52. The topological polar surface area (TPSA) is 33.2 Å². The molecule has 1 aromatic rings. The number of rotatable bonds is 5. The zero-order valence-corrected chi connectivity index (χ0v) is 12.3. The van der Waals surface area contributed by atoms with E-state index in [1.165, 1.54) is 6.42 Å². The summed E-state index contributed by atoms with van der Waals surface area (Å²) in [5.74, 6) is 0.158. The van der Waals surface area contributed by atoms with Gasteiger partial charge in [-0.25, -0.2) is 0 Å². The minimum atomic E-state index is 0.158. The predicted octanol–water partition coefficient (Wildman–Crippen LogP) is 3.17. The van der Waals surface area contributed by atoms with Crippen molar-refractivity contribution in [2.24, 2.45) is 0 Å². The Morgan fingerprint density at radius 3 is 2.89 bits per heavy atom. The van der Waals surface area contributed by atoms with Crippen molar-refractivity contribution in [2.75, 3.05) is 11.9 Å². The maximum absolute atomic E-state index is 12.5. The van der Waals surface area contributed by atoms with Gasteiger partial charge in [0.1, 0.15) is 0 Å². The molecule has 2 rings (SSSR count). The molecule has 0 aromatic carbocycles. The normalized spacial score (nSPS) is 15.2. The summed E-state index contributed by atoms with van der Waals surface area (Å²) in [6.45, 7) is 2.76. The van der Waals surface area contributed by atoms with Crippen molar-refractivity contribution in [3.05, 3.63) is 29.6 Å². The average molecular weight is 311 g/mol. The molecule has 0 N–H and O–H groups in total. The fourth-order valence-corrected chi connectivity index (χ4v) is 2.47. The molecule has 0 aliphatic heterocycles. The van der Waals surface area contributed by atoms with Crippen LogP contribution in [0.15, 0.2) is 18.3 Å². The molecule has 1 aliphatic carbocycles. The van der Waals surface area contributed by atoms with Crippen molar-refractivity contribution in [2.45, 2.75) is 38.6 Å². The number of hydrogen-bond donors (Lipinski definition) is 0. The second-order valence-corrected chi connectivity index (χ2v) is 5.60. The van der Waals surface area contributed by atoms with Crippen LogP contribution in [0, 0.1) is 6.92 Å². The van der Waals surface area contributed by atoms with Gasteiger partial charge in [0.2, 0.25) is 0 Å². The van der Waals surface area contributed by atoms with Crippen LogP contribution < -0.4 is 0 Å². The molecule has 0 bridgehead atoms. The number of pyridine rings is 1. The van der Waals surface area contributed by atoms with E-state index in [2.05, 4.69) is 20.9 Å². The van der Waals surface area contributed by atoms with Crippen LogP contribution in [0.4, 0.5) is 0 Å². The van der Waals surface area contributed by atoms with E-state index < -0.39 is 0 Å². The molecule has 1 fully saturated rings. The average Bonchev–Trinajstić information content (AvgIpc) is 2.31. The quantitative estimate of drug-likeness (QED) is 0.783. The van der Waals surface area contributed by atoms with E-state index in [1.807, 2.05) is 24.0 Å². The zero-order chi connectivity index (χ0) is 13.0. The molecule has 3 nitrogen and oxygen atoms in total. The third-order valence-electron chi connectivity index (χ3n) is 3.45. The highest BCUT2D eigenvalue weighted by atomic mass is 79.9. The summed E-state index contributed by atoms with van der Waals surface area (Å²) >= 11 is 3.44. The number of halogens is 1. The van der Waals surface area contributed by atoms with Gasteiger partial charge in [-0.15, -0.1) is 0 Å². The monoisotopic (exact) mass is 310 g/mol. The summed E-state index contributed by atoms with van der Waals surface area (Å²) in [7, 11) is 0. The third kappa shape index (κ3) is 3.10. The van der Waals surface area contributed by atoms with Gasteiger partial charge in [-0.2, -0.15) is 0 Å². The summed E-state index contributed by atoms with van der Waals surface area (Å²) in [4.78, 5) is 18.7. The molecule has 1 amide bonds. The Bertz CT molecular complexity index is 418. The Kier molecular flexibility index (Phi) is 4.75. The number of carbonyl (C=O) groups excluding carboxylic acids is 1. The Labute approximate surface area is 117 Å². The fourth-order valence-electron chi connectivity index (χ4n) is 2.22. The summed E-state index contributed by atoms with van der Waals surface area (Å²) in [6.07, 6.45) is 6.27. The van der Waals surface area contributed by atoms with Gasteiger partial charge in [-0.3, -0.25) is 9.78 Å². The van der Waals surface area contributed by atoms with Gasteiger partial charge >= 0.3 is 0 Å². The van der Waals surface area contributed by atoms with E-state index in [-0.39, 0.29) is 5.91 Å². The SMILES string of the molecule is Cc1cc(C(=O)N(CCCBr)C2CCC2)ccn1. The lowest BCUT2D eigenvalue weighted by Crippen LogP contribution is -2.44. The molecule has 98 valence electrons. The van der Waals surface area contributed by atoms with E-state index >= 15 is 0 Å². The van der Waals surface area contributed by atoms with Gasteiger partial charge < -0.3 is 4.90 Å². The number of hydrogen-bond acceptors (Lipinski definition) is 2. The zero-order valence-electron chi connectivity index (χ0n) is 10.7. The highest BCUT2D eigenvalue weighted by Gasteiger charge is 2.28. The molecule has 0 radical (unpaired) electrons. The second kappa shape index (κ2) is 6.32. The van der Waals surface area contributed by atoms with Gasteiger partial charge in [0.25, 0.3) is 5.91 Å². The highest BCUT2D eigenvalue weighted by Crippen LogP contribution is 2.26. The van der Waals surface area contributed by atoms with Gasteiger partial charge in [0, 0.05) is 35.4 Å². The van der Waals surface area contributed by atoms with E-state index in [0.29, 0.717) is 6.04 Å². The van der Waals surface area contributed by atoms with Gasteiger partial charge in [0.05, 0.1) is 0 Å². The van der Waals surface area contributed by atoms with E-state index in [4.69, 9.17) is 0 Å². The molecule has 0 saturated heterocycles. The molecule has 18 heavy (non-hydrogen) atoms. The Morgan fingerprint density at radius 2 is 2.33 bits per heavy atom. The molecule has 0 spiro atoms. The van der Waals surface area contributed by atoms with Crippen LogP contribution >= 0.6 is 15.9 Å². The molecule has 0 unspecified atom stereocenters. The van der Waals surface area contributed by atoms with Crippen LogP contribution in [0.5, 0.6) is 0 Å². The van der Waals surface area contributed by atoms with E-state index in [0.717, 1.165) is 42.4 Å². The van der Waals surface area contributed by atoms with Crippen LogP contribution in [-0.2, 0) is 0 Å². The first-order chi connectivity index (χ1) is 8.72. The third-order valence-corrected chi connectivity index (χ3v) is 4.01. The first-order valence-corrected chi connectivity index (χ1v) is 7.64. The number of alkyl halides is 1. The summed E-state index contributed by atoms with van der Waals surface area (Å²) in [5, 5.41) is 0.943. The molecule has 1 saturated carbocycles. The first kappa shape index (κ1) is 13.5. The molecular formula is C14H19BrN2O. The summed E-state index contributed by atoms with van der Waals surface area (Å²) in [5.41, 5.74) is 1.67. The van der Waals surface area contributed by atoms with Crippen LogP contribution in [0.3, 0.4) is 0 Å². The van der Waals surface area contributed by atoms with Crippen molar-refractivity contribution in [3.63, 3.8) is 0 Å². The van der Waals surface area contributed by atoms with Crippen LogP contribution in [0.1, 0.15) is 41.7 Å². The Morgan fingerprint density at radius 1 is 1.56 bits per heavy atom. The van der Waals surface area contributed by atoms with Crippen molar-refractivity contribution < 1.29 is 4.79 Å². The number of aryl methyl sites for hydroxylation is 1. The summed E-state index contributed by atoms with van der Waals surface area (Å²) in [6, 6.07) is 4.14.